The molecule has 10 nitrogen and oxygen atoms in total. The first-order chi connectivity index (χ1) is 13.5. The summed E-state index contributed by atoms with van der Waals surface area (Å²) in [4.78, 5) is 48.1. The zero-order valence-corrected chi connectivity index (χ0v) is 15.5. The lowest BCUT2D eigenvalue weighted by Gasteiger charge is -2.06. The lowest BCUT2D eigenvalue weighted by Crippen LogP contribution is -2.37. The number of para-hydroxylation sites is 2. The monoisotopic (exact) mass is 381 g/mol. The number of aryl methyl sites for hydroxylation is 2. The summed E-state index contributed by atoms with van der Waals surface area (Å²) >= 11 is 0. The van der Waals surface area contributed by atoms with Crippen molar-refractivity contribution >= 4 is 34.1 Å². The van der Waals surface area contributed by atoms with E-state index in [2.05, 4.69) is 20.3 Å². The highest BCUT2D eigenvalue weighted by atomic mass is 16.2. The van der Waals surface area contributed by atoms with Crippen molar-refractivity contribution in [3.63, 3.8) is 0 Å². The van der Waals surface area contributed by atoms with Crippen LogP contribution >= 0.6 is 0 Å². The van der Waals surface area contributed by atoms with Gasteiger partial charge in [0.25, 0.3) is 5.56 Å². The van der Waals surface area contributed by atoms with Crippen LogP contribution in [0, 0.1) is 0 Å². The summed E-state index contributed by atoms with van der Waals surface area (Å²) < 4.78 is 4.06. The first-order valence-corrected chi connectivity index (χ1v) is 8.81. The highest BCUT2D eigenvalue weighted by Gasteiger charge is 2.14. The van der Waals surface area contributed by atoms with Gasteiger partial charge in [-0.1, -0.05) is 12.1 Å². The smallest absolute Gasteiger partial charge is 0.325 e. The number of amides is 1. The van der Waals surface area contributed by atoms with E-state index in [1.54, 1.807) is 11.6 Å². The maximum atomic E-state index is 12.4. The summed E-state index contributed by atoms with van der Waals surface area (Å²) in [6.45, 7) is 0.428. The van der Waals surface area contributed by atoms with E-state index < -0.39 is 11.2 Å². The highest BCUT2D eigenvalue weighted by molar-refractivity contribution is 5.91. The van der Waals surface area contributed by atoms with E-state index >= 15 is 0 Å². The molecule has 10 heteroatoms. The van der Waals surface area contributed by atoms with E-state index in [1.807, 2.05) is 24.3 Å². The third-order valence-electron chi connectivity index (χ3n) is 4.67. The average molecular weight is 381 g/mol. The molecule has 0 spiro atoms. The van der Waals surface area contributed by atoms with Crippen LogP contribution in [0.1, 0.15) is 12.8 Å². The highest BCUT2D eigenvalue weighted by Crippen LogP contribution is 2.14. The Bertz CT molecular complexity index is 1280. The summed E-state index contributed by atoms with van der Waals surface area (Å²) in [5.74, 6) is 0.229. The summed E-state index contributed by atoms with van der Waals surface area (Å²) in [7, 11) is 3.00. The van der Waals surface area contributed by atoms with Crippen molar-refractivity contribution < 1.29 is 4.79 Å². The van der Waals surface area contributed by atoms with Gasteiger partial charge in [-0.2, -0.15) is 0 Å². The lowest BCUT2D eigenvalue weighted by atomic mass is 10.3. The average Bonchev–Trinajstić information content (AvgIpc) is 3.28. The second-order valence-electron chi connectivity index (χ2n) is 6.57. The summed E-state index contributed by atoms with van der Waals surface area (Å²) in [6, 6.07) is 7.52. The maximum absolute atomic E-state index is 12.4. The van der Waals surface area contributed by atoms with Crippen LogP contribution < -0.4 is 16.6 Å². The Kier molecular flexibility index (Phi) is 4.30. The van der Waals surface area contributed by atoms with E-state index in [9.17, 15) is 14.4 Å². The number of anilines is 1. The molecule has 2 N–H and O–H groups in total. The van der Waals surface area contributed by atoms with E-state index in [4.69, 9.17) is 0 Å². The van der Waals surface area contributed by atoms with Crippen molar-refractivity contribution in [2.24, 2.45) is 14.1 Å². The topological polar surface area (TPSA) is 120 Å². The molecule has 4 aromatic rings. The maximum Gasteiger partial charge on any atom is 0.332 e. The van der Waals surface area contributed by atoms with Crippen molar-refractivity contribution in [1.29, 1.82) is 0 Å². The standard InChI is InChI=1S/C18H19N7O3/c1-23-15-14(16(27)24(2)18(23)28)25(10-19-15)9-5-8-13(26)22-17-20-11-6-3-4-7-12(11)21-17/h3-4,6-7,10H,5,8-9H2,1-2H3,(H2,20,21,22,26). The van der Waals surface area contributed by atoms with Gasteiger partial charge in [0.15, 0.2) is 11.2 Å². The number of hydrogen-bond acceptors (Lipinski definition) is 5. The van der Waals surface area contributed by atoms with Gasteiger partial charge in [-0.25, -0.2) is 14.8 Å². The molecule has 3 aromatic heterocycles. The summed E-state index contributed by atoms with van der Waals surface area (Å²) in [6.07, 6.45) is 2.27. The first kappa shape index (κ1) is 17.7. The number of carbonyl (C=O) groups excluding carboxylic acids is 1. The van der Waals surface area contributed by atoms with Crippen LogP contribution in [-0.4, -0.2) is 34.6 Å². The first-order valence-electron chi connectivity index (χ1n) is 8.81. The molecule has 0 aliphatic heterocycles. The number of fused-ring (bicyclic) bond motifs is 2. The fourth-order valence-corrected chi connectivity index (χ4v) is 3.18. The number of hydrogen-bond donors (Lipinski definition) is 2. The molecule has 0 unspecified atom stereocenters. The number of aromatic nitrogens is 6. The van der Waals surface area contributed by atoms with Gasteiger partial charge < -0.3 is 9.55 Å². The van der Waals surface area contributed by atoms with Crippen LogP contribution in [0.2, 0.25) is 0 Å². The minimum Gasteiger partial charge on any atom is -0.325 e. The van der Waals surface area contributed by atoms with Crippen molar-refractivity contribution in [2.45, 2.75) is 19.4 Å². The quantitative estimate of drug-likeness (QED) is 0.528. The SMILES string of the molecule is Cn1c(=O)c2c(ncn2CCCC(=O)Nc2nc3ccccc3[nH]2)n(C)c1=O. The molecule has 0 bridgehead atoms. The fourth-order valence-electron chi connectivity index (χ4n) is 3.18. The Morgan fingerprint density at radius 3 is 2.75 bits per heavy atom. The molecule has 3 heterocycles. The molecule has 0 aliphatic carbocycles. The molecule has 0 saturated heterocycles. The van der Waals surface area contributed by atoms with Gasteiger partial charge in [0.1, 0.15) is 0 Å². The number of benzene rings is 1. The minimum atomic E-state index is -0.423. The minimum absolute atomic E-state index is 0.177. The summed E-state index contributed by atoms with van der Waals surface area (Å²) in [5.41, 5.74) is 1.49. The second kappa shape index (κ2) is 6.80. The van der Waals surface area contributed by atoms with Crippen LogP contribution in [0.5, 0.6) is 0 Å². The third-order valence-corrected chi connectivity index (χ3v) is 4.67. The van der Waals surface area contributed by atoms with Gasteiger partial charge >= 0.3 is 5.69 Å². The van der Waals surface area contributed by atoms with Crippen molar-refractivity contribution in [1.82, 2.24) is 28.7 Å². The van der Waals surface area contributed by atoms with Gasteiger partial charge in [-0.3, -0.25) is 24.0 Å². The van der Waals surface area contributed by atoms with Crippen LogP contribution in [0.3, 0.4) is 0 Å². The normalized spacial score (nSPS) is 11.4. The second-order valence-corrected chi connectivity index (χ2v) is 6.57. The van der Waals surface area contributed by atoms with Crippen LogP contribution in [-0.2, 0) is 25.4 Å². The predicted molar refractivity (Wildman–Crippen MR) is 104 cm³/mol. The van der Waals surface area contributed by atoms with E-state index in [0.29, 0.717) is 30.1 Å². The Balaban J connectivity index is 1.44. The molecule has 144 valence electrons. The number of nitrogens with one attached hydrogen (secondary N) is 2. The van der Waals surface area contributed by atoms with Gasteiger partial charge in [-0.05, 0) is 18.6 Å². The number of imidazole rings is 2. The van der Waals surface area contributed by atoms with Gasteiger partial charge in [0, 0.05) is 27.1 Å². The van der Waals surface area contributed by atoms with Crippen molar-refractivity contribution in [3.05, 3.63) is 51.4 Å². The molecule has 1 amide bonds. The Labute approximate surface area is 158 Å². The zero-order valence-electron chi connectivity index (χ0n) is 15.5. The van der Waals surface area contributed by atoms with Crippen molar-refractivity contribution in [3.8, 4) is 0 Å². The number of carbonyl (C=O) groups is 1. The number of H-pyrrole nitrogens is 1. The number of nitrogens with zero attached hydrogens (tertiary/aromatic N) is 5. The molecule has 0 atom stereocenters. The van der Waals surface area contributed by atoms with Gasteiger partial charge in [-0.15, -0.1) is 0 Å². The lowest BCUT2D eigenvalue weighted by molar-refractivity contribution is -0.116. The number of rotatable bonds is 5. The molecule has 1 aromatic carbocycles. The van der Waals surface area contributed by atoms with Gasteiger partial charge in [0.2, 0.25) is 11.9 Å². The molecule has 0 fully saturated rings. The predicted octanol–water partition coefficient (Wildman–Crippen LogP) is 0.729. The molecule has 28 heavy (non-hydrogen) atoms. The van der Waals surface area contributed by atoms with Gasteiger partial charge in [0.05, 0.1) is 17.4 Å². The Morgan fingerprint density at radius 1 is 1.18 bits per heavy atom. The molecule has 0 radical (unpaired) electrons. The van der Waals surface area contributed by atoms with E-state index in [1.165, 1.54) is 17.9 Å². The summed E-state index contributed by atoms with van der Waals surface area (Å²) in [5, 5.41) is 2.74. The van der Waals surface area contributed by atoms with E-state index in [-0.39, 0.29) is 12.3 Å². The molecule has 0 saturated carbocycles. The van der Waals surface area contributed by atoms with Crippen LogP contribution in [0.15, 0.2) is 40.2 Å². The third kappa shape index (κ3) is 2.98. The van der Waals surface area contributed by atoms with Crippen LogP contribution in [0.4, 0.5) is 5.95 Å². The largest absolute Gasteiger partial charge is 0.332 e. The molecular formula is C18H19N7O3. The molecule has 0 aliphatic rings. The van der Waals surface area contributed by atoms with Crippen LogP contribution in [0.25, 0.3) is 22.2 Å². The van der Waals surface area contributed by atoms with E-state index in [0.717, 1.165) is 15.6 Å². The number of aromatic amines is 1. The zero-order chi connectivity index (χ0) is 19.8. The van der Waals surface area contributed by atoms with Crippen molar-refractivity contribution in [2.75, 3.05) is 5.32 Å². The fraction of sp³-hybridized carbons (Fsp3) is 0.278. The molecular weight excluding hydrogens is 362 g/mol. The molecule has 4 rings (SSSR count). The Hall–Kier alpha value is -3.69. The Morgan fingerprint density at radius 2 is 1.96 bits per heavy atom.